The van der Waals surface area contributed by atoms with Gasteiger partial charge >= 0.3 is 0 Å². The van der Waals surface area contributed by atoms with Crippen LogP contribution in [0.15, 0.2) is 66.7 Å². The van der Waals surface area contributed by atoms with E-state index in [4.69, 9.17) is 17.0 Å². The van der Waals surface area contributed by atoms with Gasteiger partial charge in [-0.3, -0.25) is 0 Å². The predicted molar refractivity (Wildman–Crippen MR) is 124 cm³/mol. The second kappa shape index (κ2) is 9.43. The van der Waals surface area contributed by atoms with Crippen LogP contribution in [-0.2, 0) is 6.54 Å². The third-order valence-corrected chi connectivity index (χ3v) is 4.98. The van der Waals surface area contributed by atoms with Gasteiger partial charge in [-0.1, -0.05) is 30.3 Å². The maximum Gasteiger partial charge on any atom is 0.178 e. The summed E-state index contributed by atoms with van der Waals surface area (Å²) in [5, 5.41) is 14.2. The molecule has 2 N–H and O–H groups in total. The van der Waals surface area contributed by atoms with E-state index < -0.39 is 0 Å². The number of thiocarbonyl (C=S) groups is 1. The van der Waals surface area contributed by atoms with Gasteiger partial charge in [-0.25, -0.2) is 0 Å². The highest BCUT2D eigenvalue weighted by atomic mass is 32.1. The quantitative estimate of drug-likeness (QED) is 0.506. The van der Waals surface area contributed by atoms with Crippen LogP contribution in [0.5, 0.6) is 11.5 Å². The van der Waals surface area contributed by atoms with E-state index in [1.807, 2.05) is 54.3 Å². The highest BCUT2D eigenvalue weighted by molar-refractivity contribution is 7.80. The number of nitrogens with zero attached hydrogens (tertiary/aromatic N) is 1. The van der Waals surface area contributed by atoms with Crippen LogP contribution < -0.4 is 15.0 Å². The highest BCUT2D eigenvalue weighted by Gasteiger charge is 2.16. The first-order chi connectivity index (χ1) is 14.0. The first kappa shape index (κ1) is 20.7. The van der Waals surface area contributed by atoms with Crippen LogP contribution in [0.3, 0.4) is 0 Å². The molecule has 5 heteroatoms. The Morgan fingerprint density at radius 1 is 1.03 bits per heavy atom. The molecule has 0 heterocycles. The fourth-order valence-corrected chi connectivity index (χ4v) is 3.32. The van der Waals surface area contributed by atoms with Gasteiger partial charge in [-0.2, -0.15) is 0 Å². The summed E-state index contributed by atoms with van der Waals surface area (Å²) < 4.78 is 5.56. The van der Waals surface area contributed by atoms with E-state index in [1.165, 1.54) is 0 Å². The van der Waals surface area contributed by atoms with Crippen molar-refractivity contribution in [2.45, 2.75) is 27.3 Å². The summed E-state index contributed by atoms with van der Waals surface area (Å²) in [5.41, 5.74) is 4.97. The zero-order valence-corrected chi connectivity index (χ0v) is 17.8. The number of rotatable bonds is 6. The maximum absolute atomic E-state index is 10.3. The molecule has 0 aromatic heterocycles. The maximum atomic E-state index is 10.3. The number of hydrogen-bond donors (Lipinski definition) is 2. The van der Waals surface area contributed by atoms with Gasteiger partial charge in [0.25, 0.3) is 0 Å². The Hall–Kier alpha value is -3.05. The molecule has 4 nitrogen and oxygen atoms in total. The van der Waals surface area contributed by atoms with Gasteiger partial charge in [0, 0.05) is 16.9 Å². The molecule has 0 saturated heterocycles. The van der Waals surface area contributed by atoms with Gasteiger partial charge in [0.15, 0.2) is 5.11 Å². The normalized spacial score (nSPS) is 10.4. The predicted octanol–water partition coefficient (Wildman–Crippen LogP) is 5.81. The van der Waals surface area contributed by atoms with Crippen molar-refractivity contribution in [3.05, 3.63) is 83.4 Å². The number of anilines is 2. The SMILES string of the molecule is CCOc1ccc(N(Cc2ccccc2O)C(=S)Nc2cc(C)ccc2C)cc1. The molecule has 0 aliphatic carbocycles. The molecule has 0 amide bonds. The zero-order valence-electron chi connectivity index (χ0n) is 17.0. The van der Waals surface area contributed by atoms with Crippen molar-refractivity contribution in [1.82, 2.24) is 0 Å². The lowest BCUT2D eigenvalue weighted by atomic mass is 10.1. The Kier molecular flexibility index (Phi) is 6.73. The van der Waals surface area contributed by atoms with Crippen LogP contribution in [0.25, 0.3) is 0 Å². The minimum absolute atomic E-state index is 0.248. The number of hydrogen-bond acceptors (Lipinski definition) is 3. The fourth-order valence-electron chi connectivity index (χ4n) is 3.04. The van der Waals surface area contributed by atoms with Crippen LogP contribution in [0.1, 0.15) is 23.6 Å². The molecule has 3 aromatic carbocycles. The number of para-hydroxylation sites is 1. The van der Waals surface area contributed by atoms with Gasteiger partial charge in [-0.05, 0) is 80.5 Å². The van der Waals surface area contributed by atoms with Crippen LogP contribution in [0, 0.1) is 13.8 Å². The number of aryl methyl sites for hydroxylation is 2. The van der Waals surface area contributed by atoms with E-state index in [2.05, 4.69) is 37.4 Å². The molecule has 0 saturated carbocycles. The summed E-state index contributed by atoms with van der Waals surface area (Å²) in [5.74, 6) is 1.06. The molecule has 0 bridgehead atoms. The second-order valence-corrected chi connectivity index (χ2v) is 7.28. The average Bonchev–Trinajstić information content (AvgIpc) is 2.71. The molecule has 150 valence electrons. The molecule has 0 spiro atoms. The third-order valence-electron chi connectivity index (χ3n) is 4.66. The van der Waals surface area contributed by atoms with Crippen LogP contribution in [0.4, 0.5) is 11.4 Å². The van der Waals surface area contributed by atoms with Crippen molar-refractivity contribution < 1.29 is 9.84 Å². The summed E-state index contributed by atoms with van der Waals surface area (Å²) in [6, 6.07) is 21.3. The molecule has 0 atom stereocenters. The van der Waals surface area contributed by atoms with Gasteiger partial charge in [0.1, 0.15) is 11.5 Å². The van der Waals surface area contributed by atoms with E-state index in [0.29, 0.717) is 18.3 Å². The molecule has 3 rings (SSSR count). The van der Waals surface area contributed by atoms with Crippen molar-refractivity contribution in [1.29, 1.82) is 0 Å². The number of phenols is 1. The molecule has 29 heavy (non-hydrogen) atoms. The van der Waals surface area contributed by atoms with Crippen molar-refractivity contribution in [2.75, 3.05) is 16.8 Å². The van der Waals surface area contributed by atoms with Gasteiger partial charge in [-0.15, -0.1) is 0 Å². The zero-order chi connectivity index (χ0) is 20.8. The monoisotopic (exact) mass is 406 g/mol. The van der Waals surface area contributed by atoms with E-state index >= 15 is 0 Å². The largest absolute Gasteiger partial charge is 0.508 e. The topological polar surface area (TPSA) is 44.7 Å². The van der Waals surface area contributed by atoms with E-state index in [0.717, 1.165) is 33.8 Å². The Morgan fingerprint density at radius 3 is 2.45 bits per heavy atom. The smallest absolute Gasteiger partial charge is 0.178 e. The summed E-state index contributed by atoms with van der Waals surface area (Å²) in [6.07, 6.45) is 0. The summed E-state index contributed by atoms with van der Waals surface area (Å²) in [6.45, 7) is 7.13. The first-order valence-electron chi connectivity index (χ1n) is 9.63. The minimum atomic E-state index is 0.248. The Balaban J connectivity index is 1.92. The first-order valence-corrected chi connectivity index (χ1v) is 10.0. The highest BCUT2D eigenvalue weighted by Crippen LogP contribution is 2.26. The van der Waals surface area contributed by atoms with Crippen LogP contribution in [0.2, 0.25) is 0 Å². The molecule has 0 radical (unpaired) electrons. The lowest BCUT2D eigenvalue weighted by Crippen LogP contribution is -2.34. The lowest BCUT2D eigenvalue weighted by Gasteiger charge is -2.27. The number of ether oxygens (including phenoxy) is 1. The number of nitrogens with one attached hydrogen (secondary N) is 1. The molecular formula is C24H26N2O2S. The molecule has 0 aliphatic heterocycles. The number of benzene rings is 3. The minimum Gasteiger partial charge on any atom is -0.508 e. The van der Waals surface area contributed by atoms with Crippen molar-refractivity contribution >= 4 is 28.7 Å². The molecule has 0 aliphatic rings. The van der Waals surface area contributed by atoms with Crippen molar-refractivity contribution in [2.24, 2.45) is 0 Å². The molecule has 0 fully saturated rings. The van der Waals surface area contributed by atoms with Crippen molar-refractivity contribution in [3.8, 4) is 11.5 Å². The standard InChI is InChI=1S/C24H26N2O2S/c1-4-28-21-13-11-20(12-14-21)26(16-19-7-5-6-8-23(19)27)24(29)25-22-15-17(2)9-10-18(22)3/h5-15,27H,4,16H2,1-3H3,(H,25,29). The van der Waals surface area contributed by atoms with Crippen LogP contribution >= 0.6 is 12.2 Å². The fraction of sp³-hybridized carbons (Fsp3) is 0.208. The van der Waals surface area contributed by atoms with Gasteiger partial charge in [0.05, 0.1) is 13.2 Å². The van der Waals surface area contributed by atoms with Crippen molar-refractivity contribution in [3.63, 3.8) is 0 Å². The third kappa shape index (κ3) is 5.27. The van der Waals surface area contributed by atoms with Gasteiger partial charge in [0.2, 0.25) is 0 Å². The Morgan fingerprint density at radius 2 is 1.76 bits per heavy atom. The summed E-state index contributed by atoms with van der Waals surface area (Å²) in [4.78, 5) is 1.97. The molecular weight excluding hydrogens is 380 g/mol. The summed E-state index contributed by atoms with van der Waals surface area (Å²) >= 11 is 5.77. The van der Waals surface area contributed by atoms with E-state index in [9.17, 15) is 5.11 Å². The molecule has 3 aromatic rings. The molecule has 0 unspecified atom stereocenters. The van der Waals surface area contributed by atoms with Crippen LogP contribution in [-0.4, -0.2) is 16.8 Å². The second-order valence-electron chi connectivity index (χ2n) is 6.89. The Labute approximate surface area is 177 Å². The Bertz CT molecular complexity index is 986. The lowest BCUT2D eigenvalue weighted by molar-refractivity contribution is 0.340. The van der Waals surface area contributed by atoms with E-state index in [-0.39, 0.29) is 5.75 Å². The summed E-state index contributed by atoms with van der Waals surface area (Å²) in [7, 11) is 0. The number of aromatic hydroxyl groups is 1. The number of phenolic OH excluding ortho intramolecular Hbond substituents is 1. The van der Waals surface area contributed by atoms with E-state index in [1.54, 1.807) is 6.07 Å². The average molecular weight is 407 g/mol. The van der Waals surface area contributed by atoms with Gasteiger partial charge < -0.3 is 20.1 Å².